The van der Waals surface area contributed by atoms with Gasteiger partial charge in [-0.2, -0.15) is 10.5 Å². The van der Waals surface area contributed by atoms with Crippen molar-refractivity contribution < 1.29 is 0 Å². The SMILES string of the molecule is Cc1cccc(-n2c3ccccc3c3ccccc32)c1C1C=C(c2cccc(N3c4ccccc4C4C=C(C#N)C=CC43)c2C#N)C=CC1. The monoisotopic (exact) mass is 628 g/mol. The lowest BCUT2D eigenvalue weighted by Gasteiger charge is -2.30. The fourth-order valence-electron chi connectivity index (χ4n) is 8.39. The molecule has 0 N–H and O–H groups in total. The molecule has 3 atom stereocenters. The third-order valence-corrected chi connectivity index (χ3v) is 10.5. The fourth-order valence-corrected chi connectivity index (χ4v) is 8.39. The summed E-state index contributed by atoms with van der Waals surface area (Å²) in [6, 6.07) is 43.4. The number of hydrogen-bond donors (Lipinski definition) is 0. The van der Waals surface area contributed by atoms with E-state index in [-0.39, 0.29) is 17.9 Å². The van der Waals surface area contributed by atoms with E-state index in [1.54, 1.807) is 0 Å². The van der Waals surface area contributed by atoms with Crippen LogP contribution in [-0.2, 0) is 0 Å². The zero-order valence-corrected chi connectivity index (χ0v) is 27.1. The molecule has 232 valence electrons. The van der Waals surface area contributed by atoms with Crippen LogP contribution in [0.5, 0.6) is 0 Å². The molecule has 2 heterocycles. The van der Waals surface area contributed by atoms with Gasteiger partial charge >= 0.3 is 0 Å². The minimum atomic E-state index is -0.0128. The van der Waals surface area contributed by atoms with E-state index in [1.807, 2.05) is 12.1 Å². The molecule has 9 rings (SSSR count). The second-order valence-electron chi connectivity index (χ2n) is 13.1. The van der Waals surface area contributed by atoms with Crippen molar-refractivity contribution in [3.8, 4) is 17.8 Å². The van der Waals surface area contributed by atoms with Crippen LogP contribution in [0.4, 0.5) is 11.4 Å². The van der Waals surface area contributed by atoms with Crippen LogP contribution < -0.4 is 4.90 Å². The molecule has 4 heteroatoms. The molecule has 0 radical (unpaired) electrons. The molecular formula is C45H32N4. The average molecular weight is 629 g/mol. The topological polar surface area (TPSA) is 55.8 Å². The molecule has 1 aromatic heterocycles. The first kappa shape index (κ1) is 28.8. The highest BCUT2D eigenvalue weighted by atomic mass is 15.2. The van der Waals surface area contributed by atoms with E-state index < -0.39 is 0 Å². The van der Waals surface area contributed by atoms with Crippen molar-refractivity contribution in [2.24, 2.45) is 0 Å². The number of nitrogens with zero attached hydrogens (tertiary/aromatic N) is 4. The maximum atomic E-state index is 10.8. The van der Waals surface area contributed by atoms with Crippen molar-refractivity contribution in [2.75, 3.05) is 4.90 Å². The molecule has 49 heavy (non-hydrogen) atoms. The molecule has 3 unspecified atom stereocenters. The summed E-state index contributed by atoms with van der Waals surface area (Å²) in [5.74, 6) is 0.170. The number of nitriles is 2. The quantitative estimate of drug-likeness (QED) is 0.195. The molecule has 0 amide bonds. The summed E-state index contributed by atoms with van der Waals surface area (Å²) in [5.41, 5.74) is 12.6. The van der Waals surface area contributed by atoms with Crippen LogP contribution in [0, 0.1) is 29.6 Å². The largest absolute Gasteiger partial charge is 0.332 e. The number of aromatic nitrogens is 1. The van der Waals surface area contributed by atoms with Gasteiger partial charge in [0.25, 0.3) is 0 Å². The molecule has 6 aromatic rings. The van der Waals surface area contributed by atoms with E-state index in [0.29, 0.717) is 11.1 Å². The number of para-hydroxylation sites is 3. The lowest BCUT2D eigenvalue weighted by molar-refractivity contribution is 0.740. The van der Waals surface area contributed by atoms with Crippen molar-refractivity contribution in [1.82, 2.24) is 4.57 Å². The van der Waals surface area contributed by atoms with E-state index in [4.69, 9.17) is 0 Å². The molecule has 0 saturated heterocycles. The van der Waals surface area contributed by atoms with Crippen molar-refractivity contribution in [3.63, 3.8) is 0 Å². The minimum Gasteiger partial charge on any atom is -0.332 e. The molecule has 4 nitrogen and oxygen atoms in total. The summed E-state index contributed by atoms with van der Waals surface area (Å²) in [7, 11) is 0. The zero-order chi connectivity index (χ0) is 33.1. The molecule has 5 aromatic carbocycles. The van der Waals surface area contributed by atoms with E-state index in [1.165, 1.54) is 44.2 Å². The normalized spacial score (nSPS) is 19.2. The molecule has 0 spiro atoms. The van der Waals surface area contributed by atoms with Crippen LogP contribution in [0.2, 0.25) is 0 Å². The number of fused-ring (bicyclic) bond motifs is 6. The lowest BCUT2D eigenvalue weighted by Crippen LogP contribution is -2.29. The van der Waals surface area contributed by atoms with Gasteiger partial charge in [0.1, 0.15) is 6.07 Å². The van der Waals surface area contributed by atoms with Crippen molar-refractivity contribution in [2.45, 2.75) is 31.2 Å². The van der Waals surface area contributed by atoms with Crippen LogP contribution in [0.25, 0.3) is 33.1 Å². The maximum Gasteiger partial charge on any atom is 0.102 e. The van der Waals surface area contributed by atoms with Crippen LogP contribution in [-0.4, -0.2) is 10.6 Å². The Morgan fingerprint density at radius 3 is 2.14 bits per heavy atom. The third kappa shape index (κ3) is 4.42. The summed E-state index contributed by atoms with van der Waals surface area (Å²) in [4.78, 5) is 2.29. The van der Waals surface area contributed by atoms with Gasteiger partial charge in [0, 0.05) is 39.4 Å². The molecule has 0 saturated carbocycles. The van der Waals surface area contributed by atoms with E-state index >= 15 is 0 Å². The number of rotatable bonds is 4. The molecule has 0 fully saturated rings. The number of hydrogen-bond acceptors (Lipinski definition) is 3. The van der Waals surface area contributed by atoms with Crippen LogP contribution in [0.3, 0.4) is 0 Å². The van der Waals surface area contributed by atoms with Crippen molar-refractivity contribution in [3.05, 3.63) is 179 Å². The second kappa shape index (κ2) is 11.4. The van der Waals surface area contributed by atoms with E-state index in [2.05, 4.69) is 162 Å². The third-order valence-electron chi connectivity index (χ3n) is 10.5. The molecule has 2 aliphatic carbocycles. The van der Waals surface area contributed by atoms with Crippen LogP contribution in [0.1, 0.15) is 46.1 Å². The average Bonchev–Trinajstić information content (AvgIpc) is 3.67. The Labute approximate surface area is 286 Å². The summed E-state index contributed by atoms with van der Waals surface area (Å²) >= 11 is 0. The van der Waals surface area contributed by atoms with Gasteiger partial charge in [0.2, 0.25) is 0 Å². The fraction of sp³-hybridized carbons (Fsp3) is 0.111. The Morgan fingerprint density at radius 1 is 0.673 bits per heavy atom. The Balaban J connectivity index is 1.18. The van der Waals surface area contributed by atoms with E-state index in [0.717, 1.165) is 28.9 Å². The Kier molecular flexibility index (Phi) is 6.71. The first-order valence-corrected chi connectivity index (χ1v) is 16.8. The molecule has 0 bridgehead atoms. The van der Waals surface area contributed by atoms with Gasteiger partial charge in [-0.25, -0.2) is 0 Å². The molecular weight excluding hydrogens is 597 g/mol. The van der Waals surface area contributed by atoms with Gasteiger partial charge in [-0.15, -0.1) is 0 Å². The summed E-state index contributed by atoms with van der Waals surface area (Å²) in [5, 5.41) is 23.0. The minimum absolute atomic E-state index is 0.0128. The highest BCUT2D eigenvalue weighted by Gasteiger charge is 2.39. The van der Waals surface area contributed by atoms with Crippen LogP contribution in [0.15, 0.2) is 151 Å². The van der Waals surface area contributed by atoms with Gasteiger partial charge in [-0.3, -0.25) is 0 Å². The van der Waals surface area contributed by atoms with Crippen molar-refractivity contribution in [1.29, 1.82) is 10.5 Å². The zero-order valence-electron chi connectivity index (χ0n) is 27.1. The summed E-state index contributed by atoms with van der Waals surface area (Å²) in [6.07, 6.45) is 13.8. The molecule has 1 aliphatic heterocycles. The van der Waals surface area contributed by atoms with E-state index in [9.17, 15) is 10.5 Å². The van der Waals surface area contributed by atoms with Gasteiger partial charge < -0.3 is 9.47 Å². The predicted octanol–water partition coefficient (Wildman–Crippen LogP) is 10.7. The smallest absolute Gasteiger partial charge is 0.102 e. The Hall–Kier alpha value is -6.36. The van der Waals surface area contributed by atoms with Crippen LogP contribution >= 0.6 is 0 Å². The number of aryl methyl sites for hydroxylation is 1. The summed E-state index contributed by atoms with van der Waals surface area (Å²) < 4.78 is 2.42. The van der Waals surface area contributed by atoms with Crippen molar-refractivity contribution >= 4 is 38.8 Å². The van der Waals surface area contributed by atoms with Gasteiger partial charge in [-0.05, 0) is 72.0 Å². The lowest BCUT2D eigenvalue weighted by atomic mass is 9.83. The first-order valence-electron chi connectivity index (χ1n) is 16.8. The second-order valence-corrected chi connectivity index (χ2v) is 13.1. The highest BCUT2D eigenvalue weighted by molar-refractivity contribution is 6.09. The van der Waals surface area contributed by atoms with Gasteiger partial charge in [0.15, 0.2) is 0 Å². The molecule has 3 aliphatic rings. The number of benzene rings is 5. The highest BCUT2D eigenvalue weighted by Crippen LogP contribution is 2.50. The Bertz CT molecular complexity index is 2490. The Morgan fingerprint density at radius 2 is 1.37 bits per heavy atom. The van der Waals surface area contributed by atoms with Gasteiger partial charge in [-0.1, -0.05) is 109 Å². The standard InChI is InChI=1S/C45H32N4/c1-29-11-8-22-44(49-39-18-5-2-14-34(39)35-15-3-6-19-40(35)49)45(29)32-13-9-12-31(26-32)33-17-10-21-42(38(33)28-47)48-41-20-7-4-16-36(41)37-25-30(27-46)23-24-43(37)48/h2-12,14-26,32,37,43H,13H2,1H3. The first-order chi connectivity index (χ1) is 24.2. The number of anilines is 2. The maximum absolute atomic E-state index is 10.8. The summed E-state index contributed by atoms with van der Waals surface area (Å²) in [6.45, 7) is 2.21. The van der Waals surface area contributed by atoms with Gasteiger partial charge in [0.05, 0.1) is 40.1 Å². The number of allylic oxidation sites excluding steroid dienone is 6. The predicted molar refractivity (Wildman–Crippen MR) is 199 cm³/mol.